The first-order chi connectivity index (χ1) is 9.59. The van der Waals surface area contributed by atoms with E-state index in [1.807, 2.05) is 0 Å². The van der Waals surface area contributed by atoms with Crippen molar-refractivity contribution in [3.05, 3.63) is 0 Å². The molecule has 0 aromatic carbocycles. The maximum absolute atomic E-state index is 11.7. The molecule has 0 aliphatic heterocycles. The van der Waals surface area contributed by atoms with Gasteiger partial charge in [0.1, 0.15) is 0 Å². The van der Waals surface area contributed by atoms with Crippen LogP contribution in [0.3, 0.4) is 0 Å². The highest BCUT2D eigenvalue weighted by atomic mass is 16.3. The first-order valence-electron chi connectivity index (χ1n) is 7.86. The molecular formula is C15H26N2O3. The van der Waals surface area contributed by atoms with Gasteiger partial charge in [0, 0.05) is 19.0 Å². The predicted octanol–water partition coefficient (Wildman–Crippen LogP) is 1.10. The van der Waals surface area contributed by atoms with Gasteiger partial charge in [-0.3, -0.25) is 9.59 Å². The molecule has 3 N–H and O–H groups in total. The van der Waals surface area contributed by atoms with E-state index >= 15 is 0 Å². The van der Waals surface area contributed by atoms with Crippen LogP contribution in [0.2, 0.25) is 0 Å². The molecule has 0 aromatic heterocycles. The van der Waals surface area contributed by atoms with Gasteiger partial charge < -0.3 is 15.7 Å². The molecule has 114 valence electrons. The van der Waals surface area contributed by atoms with Gasteiger partial charge in [0.2, 0.25) is 11.8 Å². The largest absolute Gasteiger partial charge is 0.389 e. The van der Waals surface area contributed by atoms with Crippen molar-refractivity contribution in [2.45, 2.75) is 63.4 Å². The topological polar surface area (TPSA) is 78.4 Å². The number of nitrogens with one attached hydrogen (secondary N) is 2. The summed E-state index contributed by atoms with van der Waals surface area (Å²) in [7, 11) is 0. The Bertz CT molecular complexity index is 347. The van der Waals surface area contributed by atoms with Crippen LogP contribution in [0.4, 0.5) is 0 Å². The Kier molecular flexibility index (Phi) is 5.40. The Labute approximate surface area is 120 Å². The molecule has 0 saturated heterocycles. The molecule has 2 aliphatic rings. The summed E-state index contributed by atoms with van der Waals surface area (Å²) < 4.78 is 0. The normalized spacial score (nSPS) is 21.2. The van der Waals surface area contributed by atoms with Crippen LogP contribution >= 0.6 is 0 Å². The number of rotatable bonds is 7. The second-order valence-electron chi connectivity index (χ2n) is 6.23. The molecule has 0 bridgehead atoms. The fourth-order valence-electron chi connectivity index (χ4n) is 2.91. The lowest BCUT2D eigenvalue weighted by Gasteiger charge is -2.24. The van der Waals surface area contributed by atoms with Crippen LogP contribution in [0.25, 0.3) is 0 Å². The quantitative estimate of drug-likeness (QED) is 0.612. The minimum atomic E-state index is -0.775. The molecule has 0 atom stereocenters. The summed E-state index contributed by atoms with van der Waals surface area (Å²) in [6, 6.07) is 0. The molecule has 2 saturated carbocycles. The predicted molar refractivity (Wildman–Crippen MR) is 76.0 cm³/mol. The minimum absolute atomic E-state index is 0.0836. The van der Waals surface area contributed by atoms with Gasteiger partial charge in [0.15, 0.2) is 0 Å². The highest BCUT2D eigenvalue weighted by Crippen LogP contribution is 2.32. The molecule has 5 nitrogen and oxygen atoms in total. The van der Waals surface area contributed by atoms with Crippen molar-refractivity contribution in [2.24, 2.45) is 5.92 Å². The maximum Gasteiger partial charge on any atom is 0.223 e. The van der Waals surface area contributed by atoms with Gasteiger partial charge in [0.05, 0.1) is 12.0 Å². The summed E-state index contributed by atoms with van der Waals surface area (Å²) >= 11 is 0. The maximum atomic E-state index is 11.7. The van der Waals surface area contributed by atoms with Crippen molar-refractivity contribution < 1.29 is 14.7 Å². The van der Waals surface area contributed by atoms with E-state index in [1.54, 1.807) is 0 Å². The number of hydrogen-bond acceptors (Lipinski definition) is 3. The van der Waals surface area contributed by atoms with Crippen molar-refractivity contribution >= 4 is 11.8 Å². The standard InChI is InChI=1S/C15H26N2O3/c18-13(11-15(20)7-1-2-8-15)16-9-4-10-17-14(19)12-5-3-6-12/h12,20H,1-11H2,(H,16,18)(H,17,19). The Morgan fingerprint density at radius 1 is 1.05 bits per heavy atom. The first-order valence-corrected chi connectivity index (χ1v) is 7.86. The molecule has 5 heteroatoms. The molecule has 0 spiro atoms. The molecule has 0 aromatic rings. The number of carbonyl (C=O) groups is 2. The molecule has 20 heavy (non-hydrogen) atoms. The third-order valence-electron chi connectivity index (χ3n) is 4.47. The van der Waals surface area contributed by atoms with Gasteiger partial charge in [-0.15, -0.1) is 0 Å². The van der Waals surface area contributed by atoms with E-state index < -0.39 is 5.60 Å². The average molecular weight is 282 g/mol. The van der Waals surface area contributed by atoms with Crippen LogP contribution in [0.15, 0.2) is 0 Å². The zero-order chi connectivity index (χ0) is 14.4. The zero-order valence-electron chi connectivity index (χ0n) is 12.1. The molecule has 0 heterocycles. The summed E-state index contributed by atoms with van der Waals surface area (Å²) in [4.78, 5) is 23.3. The molecule has 0 radical (unpaired) electrons. The SMILES string of the molecule is O=C(CC1(O)CCCC1)NCCCNC(=O)C1CCC1. The molecule has 2 rings (SSSR count). The smallest absolute Gasteiger partial charge is 0.223 e. The van der Waals surface area contributed by atoms with Crippen molar-refractivity contribution in [3.63, 3.8) is 0 Å². The van der Waals surface area contributed by atoms with E-state index in [0.29, 0.717) is 13.1 Å². The fourth-order valence-corrected chi connectivity index (χ4v) is 2.91. The minimum Gasteiger partial charge on any atom is -0.389 e. The third kappa shape index (κ3) is 4.47. The van der Waals surface area contributed by atoms with Crippen molar-refractivity contribution in [1.82, 2.24) is 10.6 Å². The second kappa shape index (κ2) is 7.07. The lowest BCUT2D eigenvalue weighted by Crippen LogP contribution is -2.37. The van der Waals surface area contributed by atoms with Crippen LogP contribution in [0, 0.1) is 5.92 Å². The van der Waals surface area contributed by atoms with Crippen molar-refractivity contribution in [1.29, 1.82) is 0 Å². The molecule has 0 unspecified atom stereocenters. The van der Waals surface area contributed by atoms with Crippen LogP contribution in [-0.2, 0) is 9.59 Å². The Balaban J connectivity index is 1.50. The van der Waals surface area contributed by atoms with Gasteiger partial charge in [-0.25, -0.2) is 0 Å². The van der Waals surface area contributed by atoms with Crippen LogP contribution < -0.4 is 10.6 Å². The highest BCUT2D eigenvalue weighted by Gasteiger charge is 2.33. The van der Waals surface area contributed by atoms with E-state index in [-0.39, 0.29) is 24.2 Å². The van der Waals surface area contributed by atoms with Gasteiger partial charge in [-0.05, 0) is 32.1 Å². The lowest BCUT2D eigenvalue weighted by atomic mass is 9.85. The highest BCUT2D eigenvalue weighted by molar-refractivity contribution is 5.79. The molecule has 2 fully saturated rings. The fraction of sp³-hybridized carbons (Fsp3) is 0.867. The summed E-state index contributed by atoms with van der Waals surface area (Å²) in [5, 5.41) is 15.8. The summed E-state index contributed by atoms with van der Waals surface area (Å²) in [6.07, 6.45) is 7.63. The number of hydrogen-bond donors (Lipinski definition) is 3. The van der Waals surface area contributed by atoms with Crippen LogP contribution in [0.1, 0.15) is 57.8 Å². The van der Waals surface area contributed by atoms with Gasteiger partial charge in [-0.1, -0.05) is 19.3 Å². The third-order valence-corrected chi connectivity index (χ3v) is 4.47. The number of aliphatic hydroxyl groups is 1. The number of amides is 2. The Morgan fingerprint density at radius 3 is 2.30 bits per heavy atom. The molecular weight excluding hydrogens is 256 g/mol. The van der Waals surface area contributed by atoms with Crippen LogP contribution in [-0.4, -0.2) is 35.6 Å². The van der Waals surface area contributed by atoms with Crippen molar-refractivity contribution in [3.8, 4) is 0 Å². The van der Waals surface area contributed by atoms with E-state index in [9.17, 15) is 14.7 Å². The van der Waals surface area contributed by atoms with Gasteiger partial charge in [-0.2, -0.15) is 0 Å². The summed E-state index contributed by atoms with van der Waals surface area (Å²) in [5.74, 6) is 0.295. The van der Waals surface area contributed by atoms with E-state index in [4.69, 9.17) is 0 Å². The van der Waals surface area contributed by atoms with E-state index in [1.165, 1.54) is 0 Å². The second-order valence-corrected chi connectivity index (χ2v) is 6.23. The average Bonchev–Trinajstić information content (AvgIpc) is 2.72. The Morgan fingerprint density at radius 2 is 1.70 bits per heavy atom. The number of carbonyl (C=O) groups excluding carboxylic acids is 2. The molecule has 2 amide bonds. The van der Waals surface area contributed by atoms with Gasteiger partial charge >= 0.3 is 0 Å². The lowest BCUT2D eigenvalue weighted by molar-refractivity contribution is -0.127. The Hall–Kier alpha value is -1.10. The summed E-state index contributed by atoms with van der Waals surface area (Å²) in [6.45, 7) is 1.17. The summed E-state index contributed by atoms with van der Waals surface area (Å²) in [5.41, 5.74) is -0.775. The monoisotopic (exact) mass is 282 g/mol. The first kappa shape index (κ1) is 15.3. The van der Waals surface area contributed by atoms with E-state index in [2.05, 4.69) is 10.6 Å². The van der Waals surface area contributed by atoms with Gasteiger partial charge in [0.25, 0.3) is 0 Å². The van der Waals surface area contributed by atoms with Crippen molar-refractivity contribution in [2.75, 3.05) is 13.1 Å². The van der Waals surface area contributed by atoms with E-state index in [0.717, 1.165) is 51.4 Å². The zero-order valence-corrected chi connectivity index (χ0v) is 12.1. The molecule has 2 aliphatic carbocycles. The van der Waals surface area contributed by atoms with Crippen LogP contribution in [0.5, 0.6) is 0 Å².